The van der Waals surface area contributed by atoms with Crippen LogP contribution in [0.1, 0.15) is 72.6 Å². The highest BCUT2D eigenvalue weighted by Gasteiger charge is 2.68. The van der Waals surface area contributed by atoms with Crippen LogP contribution in [0.5, 0.6) is 0 Å². The molecule has 51 heavy (non-hydrogen) atoms. The largest absolute Gasteiger partial charge is 0.461 e. The third kappa shape index (κ3) is 6.06. The number of fused-ring (bicyclic) bond motifs is 1. The molecule has 3 N–H and O–H groups in total. The second-order valence-electron chi connectivity index (χ2n) is 16.8. The summed E-state index contributed by atoms with van der Waals surface area (Å²) in [5.41, 5.74) is 6.02. The van der Waals surface area contributed by atoms with E-state index in [4.69, 9.17) is 10.5 Å². The molecule has 278 valence electrons. The number of Topliss-reactive ketones (excluding diaryl/α,β-unsaturated/α-hetero) is 1. The Morgan fingerprint density at radius 2 is 1.86 bits per heavy atom. The van der Waals surface area contributed by atoms with Crippen molar-refractivity contribution in [1.82, 2.24) is 29.3 Å². The predicted molar refractivity (Wildman–Crippen MR) is 192 cm³/mol. The highest BCUT2D eigenvalue weighted by atomic mass is 16.5. The fraction of sp³-hybridized carbons (Fsp3) is 0.737. The second-order valence-corrected chi connectivity index (χ2v) is 16.8. The van der Waals surface area contributed by atoms with E-state index in [9.17, 15) is 19.5 Å². The fourth-order valence-corrected chi connectivity index (χ4v) is 10.7. The van der Waals surface area contributed by atoms with Crippen LogP contribution in [0.25, 0.3) is 11.2 Å². The van der Waals surface area contributed by atoms with Crippen molar-refractivity contribution < 1.29 is 24.2 Å². The molecule has 13 heteroatoms. The van der Waals surface area contributed by atoms with E-state index >= 15 is 0 Å². The van der Waals surface area contributed by atoms with Crippen molar-refractivity contribution in [1.29, 1.82) is 0 Å². The smallest absolute Gasteiger partial charge is 0.320 e. The van der Waals surface area contributed by atoms with E-state index in [1.165, 1.54) is 0 Å². The first-order chi connectivity index (χ1) is 24.3. The first kappa shape index (κ1) is 36.0. The fourth-order valence-electron chi connectivity index (χ4n) is 10.7. The number of aryl methyl sites for hydroxylation is 1. The molecule has 5 aliphatic rings. The van der Waals surface area contributed by atoms with Crippen LogP contribution in [0.2, 0.25) is 0 Å². The average molecular weight is 705 g/mol. The van der Waals surface area contributed by atoms with Gasteiger partial charge in [0.05, 0.1) is 19.0 Å². The molecule has 1 amide bonds. The van der Waals surface area contributed by atoms with Crippen molar-refractivity contribution >= 4 is 34.6 Å². The number of anilines is 1. The van der Waals surface area contributed by atoms with Gasteiger partial charge in [0.25, 0.3) is 0 Å². The van der Waals surface area contributed by atoms with Gasteiger partial charge < -0.3 is 29.9 Å². The van der Waals surface area contributed by atoms with Crippen molar-refractivity contribution in [3.63, 3.8) is 0 Å². The zero-order valence-corrected chi connectivity index (χ0v) is 30.8. The number of piperazine rings is 1. The lowest BCUT2D eigenvalue weighted by Gasteiger charge is -2.61. The first-order valence-electron chi connectivity index (χ1n) is 19.0. The number of rotatable bonds is 8. The summed E-state index contributed by atoms with van der Waals surface area (Å²) in [6.45, 7) is 16.9. The van der Waals surface area contributed by atoms with Gasteiger partial charge in [0.15, 0.2) is 17.0 Å². The number of aromatic nitrogens is 4. The number of carbonyl (C=O) groups is 3. The predicted octanol–water partition coefficient (Wildman–Crippen LogP) is 2.80. The minimum absolute atomic E-state index is 0.0498. The molecule has 1 unspecified atom stereocenters. The van der Waals surface area contributed by atoms with Crippen LogP contribution in [0.4, 0.5) is 5.82 Å². The zero-order valence-electron chi connectivity index (χ0n) is 30.8. The van der Waals surface area contributed by atoms with Crippen molar-refractivity contribution in [2.75, 3.05) is 50.7 Å². The maximum absolute atomic E-state index is 13.7. The summed E-state index contributed by atoms with van der Waals surface area (Å²) in [5.74, 6) is 0.618. The number of hydrogen-bond acceptors (Lipinski definition) is 11. The summed E-state index contributed by atoms with van der Waals surface area (Å²) >= 11 is 0. The molecule has 13 nitrogen and oxygen atoms in total. The lowest BCUT2D eigenvalue weighted by molar-refractivity contribution is -0.207. The minimum Gasteiger partial charge on any atom is -0.461 e. The summed E-state index contributed by atoms with van der Waals surface area (Å²) in [7, 11) is 0. The van der Waals surface area contributed by atoms with Gasteiger partial charge in [-0.25, -0.2) is 15.0 Å². The van der Waals surface area contributed by atoms with Crippen LogP contribution >= 0.6 is 0 Å². The minimum atomic E-state index is -0.694. The van der Waals surface area contributed by atoms with Gasteiger partial charge in [0.1, 0.15) is 18.2 Å². The number of aliphatic hydroxyl groups is 1. The summed E-state index contributed by atoms with van der Waals surface area (Å²) in [6, 6.07) is 0.123. The van der Waals surface area contributed by atoms with Gasteiger partial charge in [0, 0.05) is 81.4 Å². The van der Waals surface area contributed by atoms with Crippen LogP contribution in [0.3, 0.4) is 0 Å². The number of amides is 1. The Morgan fingerprint density at radius 1 is 1.10 bits per heavy atom. The maximum atomic E-state index is 13.7. The molecule has 2 aliphatic heterocycles. The Labute approximate surface area is 301 Å². The van der Waals surface area contributed by atoms with Gasteiger partial charge >= 0.3 is 5.97 Å². The standard InChI is InChI=1S/C38H56N8O5/c1-6-36(4)19-28(37(5)24(2)7-11-38(25(3)33(36)50)12-8-27(47)32(37)38)51-30(49)21-43-15-17-44(18-16-43)29(48)10-14-46-23-42-31-34(40-22-41-35(31)46)45-13-9-26(39)20-45/h6,22-26,28,32-33,50H,1,7-21,39H2,2-5H3/t24-,25+,26-,28-,32?,33+,36-,37+,38+/m1/s1. The van der Waals surface area contributed by atoms with Crippen LogP contribution < -0.4 is 10.6 Å². The van der Waals surface area contributed by atoms with Gasteiger partial charge in [-0.05, 0) is 49.4 Å². The molecule has 2 bridgehead atoms. The average Bonchev–Trinajstić information content (AvgIpc) is 3.85. The lowest BCUT2D eigenvalue weighted by Crippen LogP contribution is -2.63. The topological polar surface area (TPSA) is 160 Å². The molecule has 0 aromatic carbocycles. The van der Waals surface area contributed by atoms with Crippen molar-refractivity contribution in [2.24, 2.45) is 39.7 Å². The summed E-state index contributed by atoms with van der Waals surface area (Å²) in [4.78, 5) is 60.3. The van der Waals surface area contributed by atoms with Gasteiger partial charge in [-0.15, -0.1) is 6.58 Å². The molecule has 3 aliphatic carbocycles. The number of esters is 1. The third-order valence-corrected chi connectivity index (χ3v) is 14.1. The Kier molecular flexibility index (Phi) is 9.54. The first-order valence-corrected chi connectivity index (χ1v) is 19.0. The molecule has 2 aromatic heterocycles. The summed E-state index contributed by atoms with van der Waals surface area (Å²) < 4.78 is 8.36. The molecule has 7 rings (SSSR count). The molecule has 2 saturated heterocycles. The SMILES string of the molecule is C=C[C@]1(C)C[C@@H](OC(=O)CN2CCN(C(=O)CCn3cnc4c(N5CC[C@@H](N)C5)ncnc43)CC2)[C@@]2(C)C3C(=O)CC[C@@]3(CC[C@H]2C)[C@@H](C)[C@@H]1O. The quantitative estimate of drug-likeness (QED) is 0.307. The van der Waals surface area contributed by atoms with E-state index in [0.29, 0.717) is 57.6 Å². The molecule has 9 atom stereocenters. The van der Waals surface area contributed by atoms with Crippen molar-refractivity contribution in [3.05, 3.63) is 25.3 Å². The van der Waals surface area contributed by atoms with Crippen LogP contribution in [-0.2, 0) is 25.7 Å². The van der Waals surface area contributed by atoms with Gasteiger partial charge in [-0.3, -0.25) is 19.3 Å². The van der Waals surface area contributed by atoms with Crippen molar-refractivity contribution in [2.45, 2.75) is 97.4 Å². The van der Waals surface area contributed by atoms with E-state index in [-0.39, 0.29) is 53.4 Å². The monoisotopic (exact) mass is 704 g/mol. The molecular formula is C38H56N8O5. The molecule has 2 aromatic rings. The van der Waals surface area contributed by atoms with Gasteiger partial charge in [-0.2, -0.15) is 0 Å². The maximum Gasteiger partial charge on any atom is 0.320 e. The third-order valence-electron chi connectivity index (χ3n) is 14.1. The lowest BCUT2D eigenvalue weighted by atomic mass is 9.44. The van der Waals surface area contributed by atoms with E-state index in [1.54, 1.807) is 12.7 Å². The normalized spacial score (nSPS) is 37.3. The van der Waals surface area contributed by atoms with E-state index in [0.717, 1.165) is 50.1 Å². The molecule has 4 heterocycles. The number of ether oxygens (including phenoxy) is 1. The number of nitrogens with two attached hydrogens (primary N) is 1. The van der Waals surface area contributed by atoms with Crippen LogP contribution in [-0.4, -0.2) is 116 Å². The Bertz CT molecular complexity index is 1670. The van der Waals surface area contributed by atoms with Crippen molar-refractivity contribution in [3.8, 4) is 0 Å². The Balaban J connectivity index is 0.969. The van der Waals surface area contributed by atoms with Crippen LogP contribution in [0.15, 0.2) is 25.3 Å². The van der Waals surface area contributed by atoms with Gasteiger partial charge in [-0.1, -0.05) is 33.8 Å². The van der Waals surface area contributed by atoms with E-state index < -0.39 is 23.0 Å². The number of aliphatic hydroxyl groups excluding tert-OH is 1. The Morgan fingerprint density at radius 3 is 2.57 bits per heavy atom. The van der Waals surface area contributed by atoms with Gasteiger partial charge in [0.2, 0.25) is 5.91 Å². The molecule has 3 saturated carbocycles. The summed E-state index contributed by atoms with van der Waals surface area (Å²) in [5, 5.41) is 11.8. The molecule has 0 radical (unpaired) electrons. The second kappa shape index (κ2) is 13.5. The highest BCUT2D eigenvalue weighted by Crippen LogP contribution is 2.68. The highest BCUT2D eigenvalue weighted by molar-refractivity contribution is 5.86. The number of nitrogens with zero attached hydrogens (tertiary/aromatic N) is 7. The van der Waals surface area contributed by atoms with E-state index in [1.807, 2.05) is 27.4 Å². The molecular weight excluding hydrogens is 648 g/mol. The summed E-state index contributed by atoms with van der Waals surface area (Å²) in [6.07, 6.45) is 8.64. The number of imidazole rings is 1. The zero-order chi connectivity index (χ0) is 36.3. The molecule has 5 fully saturated rings. The molecule has 0 spiro atoms. The number of hydrogen-bond donors (Lipinski definition) is 2. The Hall–Kier alpha value is -3.42. The number of ketones is 1. The van der Waals surface area contributed by atoms with E-state index in [2.05, 4.69) is 47.2 Å². The number of carbonyl (C=O) groups excluding carboxylic acids is 3. The van der Waals surface area contributed by atoms with Crippen LogP contribution in [0, 0.1) is 34.0 Å².